The van der Waals surface area contributed by atoms with Gasteiger partial charge >= 0.3 is 6.03 Å². The minimum absolute atomic E-state index is 0.211. The van der Waals surface area contributed by atoms with Crippen LogP contribution in [0.4, 0.5) is 22.0 Å². The highest BCUT2D eigenvalue weighted by Gasteiger charge is 2.30. The molecule has 0 saturated carbocycles. The molecule has 11 nitrogen and oxygen atoms in total. The molecule has 0 spiro atoms. The summed E-state index contributed by atoms with van der Waals surface area (Å²) in [6.07, 6.45) is 13.2. The summed E-state index contributed by atoms with van der Waals surface area (Å²) in [5.74, 6) is 1.97. The predicted molar refractivity (Wildman–Crippen MR) is 214 cm³/mol. The highest BCUT2D eigenvalue weighted by molar-refractivity contribution is 6.36. The number of aromatic amines is 1. The molecule has 0 aliphatic carbocycles. The second-order valence-corrected chi connectivity index (χ2v) is 15.9. The number of halogens is 1. The molecule has 4 aliphatic heterocycles. The summed E-state index contributed by atoms with van der Waals surface area (Å²) < 4.78 is 2.40. The normalized spacial score (nSPS) is 20.9. The Labute approximate surface area is 320 Å². The van der Waals surface area contributed by atoms with Gasteiger partial charge in [-0.3, -0.25) is 15.0 Å². The fourth-order valence-electron chi connectivity index (χ4n) is 9.45. The number of fused-ring (bicyclic) bond motifs is 2. The largest absolute Gasteiger partial charge is 0.369 e. The van der Waals surface area contributed by atoms with Crippen LogP contribution in [0.25, 0.3) is 21.8 Å². The van der Waals surface area contributed by atoms with Gasteiger partial charge in [-0.2, -0.15) is 5.26 Å². The van der Waals surface area contributed by atoms with Gasteiger partial charge < -0.3 is 24.3 Å². The van der Waals surface area contributed by atoms with Crippen LogP contribution in [0, 0.1) is 17.2 Å². The van der Waals surface area contributed by atoms with E-state index in [0.717, 1.165) is 110 Å². The van der Waals surface area contributed by atoms with Crippen LogP contribution >= 0.6 is 11.6 Å². The van der Waals surface area contributed by atoms with Gasteiger partial charge in [-0.15, -0.1) is 0 Å². The number of benzene rings is 2. The third kappa shape index (κ3) is 6.56. The van der Waals surface area contributed by atoms with Crippen LogP contribution in [0.1, 0.15) is 68.0 Å². The fourth-order valence-corrected chi connectivity index (χ4v) is 9.71. The number of nitriles is 1. The molecule has 4 saturated heterocycles. The van der Waals surface area contributed by atoms with E-state index < -0.39 is 0 Å². The average molecular weight is 744 g/mol. The van der Waals surface area contributed by atoms with Crippen molar-refractivity contribution in [2.24, 2.45) is 5.92 Å². The van der Waals surface area contributed by atoms with E-state index in [1.807, 2.05) is 18.2 Å². The second kappa shape index (κ2) is 14.6. The monoisotopic (exact) mass is 743 g/mol. The maximum atomic E-state index is 12.6. The Kier molecular flexibility index (Phi) is 9.41. The van der Waals surface area contributed by atoms with Gasteiger partial charge in [0.25, 0.3) is 0 Å². The van der Waals surface area contributed by atoms with Crippen LogP contribution in [-0.4, -0.2) is 83.7 Å². The molecule has 3 aromatic heterocycles. The quantitative estimate of drug-likeness (QED) is 0.178. The van der Waals surface area contributed by atoms with Crippen molar-refractivity contribution in [3.8, 4) is 6.07 Å². The number of nitrogens with one attached hydrogen (secondary N) is 2. The Morgan fingerprint density at radius 1 is 0.889 bits per heavy atom. The minimum atomic E-state index is -0.339. The highest BCUT2D eigenvalue weighted by atomic mass is 35.5. The van der Waals surface area contributed by atoms with Gasteiger partial charge in [0.15, 0.2) is 0 Å². The lowest BCUT2D eigenvalue weighted by Gasteiger charge is -2.38. The molecule has 4 fully saturated rings. The number of pyridine rings is 1. The summed E-state index contributed by atoms with van der Waals surface area (Å²) in [5.41, 5.74) is 5.93. The maximum Gasteiger partial charge on any atom is 0.328 e. The van der Waals surface area contributed by atoms with E-state index in [1.165, 1.54) is 18.4 Å². The predicted octanol–water partition coefficient (Wildman–Crippen LogP) is 7.43. The van der Waals surface area contributed by atoms with Crippen molar-refractivity contribution in [2.45, 2.75) is 56.9 Å². The molecule has 0 radical (unpaired) electrons. The van der Waals surface area contributed by atoms with Gasteiger partial charge in [0.05, 0.1) is 33.0 Å². The molecule has 278 valence electrons. The SMILES string of the molecule is N#Cc1c[nH]c2c(N3CCC[C@@H](c4ccc(N5CCC(CN6CCC(n7ccc8c(N9CCC(=O)NC9=O)cccc87)CC6)CC5)nc4)C3)ccc(Cl)c12. The van der Waals surface area contributed by atoms with Crippen molar-refractivity contribution < 1.29 is 9.59 Å². The highest BCUT2D eigenvalue weighted by Crippen LogP contribution is 2.38. The standard InChI is InChI=1S/C42H46ClN9O2/c43-34-7-8-37(41-40(34)31(23-44)25-46-41)50-16-2-3-30(27-50)29-6-9-38(45-24-29)49-19-10-28(11-20-49)26-48-17-12-32(13-18-48)51-21-14-33-35(51)4-1-5-36(33)52-22-15-39(53)47-42(52)54/h1,4-9,14,21,24-25,28,30,32,46H,2-3,10-13,15-20,22,26-27H2,(H,47,53,54)/t30-/m1/s1. The first-order valence-electron chi connectivity index (χ1n) is 19.5. The number of piperidine rings is 3. The van der Waals surface area contributed by atoms with Crippen LogP contribution in [0.2, 0.25) is 5.02 Å². The molecule has 12 heteroatoms. The molecule has 54 heavy (non-hydrogen) atoms. The van der Waals surface area contributed by atoms with Crippen LogP contribution in [0.5, 0.6) is 0 Å². The van der Waals surface area contributed by atoms with E-state index in [2.05, 4.69) is 78.4 Å². The van der Waals surface area contributed by atoms with Crippen molar-refractivity contribution in [1.29, 1.82) is 5.26 Å². The van der Waals surface area contributed by atoms with Gasteiger partial charge in [0.2, 0.25) is 5.91 Å². The number of aromatic nitrogens is 3. The number of carbonyl (C=O) groups is 2. The number of likely N-dealkylation sites (tertiary alicyclic amines) is 1. The molecule has 4 aliphatic rings. The van der Waals surface area contributed by atoms with Gasteiger partial charge in [-0.25, -0.2) is 9.78 Å². The summed E-state index contributed by atoms with van der Waals surface area (Å²) in [7, 11) is 0. The van der Waals surface area contributed by atoms with Crippen LogP contribution < -0.4 is 20.0 Å². The number of urea groups is 1. The van der Waals surface area contributed by atoms with Gasteiger partial charge in [0, 0.05) is 100 Å². The zero-order chi connectivity index (χ0) is 36.8. The molecule has 3 amide bonds. The Balaban J connectivity index is 0.766. The van der Waals surface area contributed by atoms with Crippen LogP contribution in [0.15, 0.2) is 67.1 Å². The average Bonchev–Trinajstić information content (AvgIpc) is 3.85. The topological polar surface area (TPSA) is 117 Å². The second-order valence-electron chi connectivity index (χ2n) is 15.5. The van der Waals surface area contributed by atoms with E-state index in [0.29, 0.717) is 41.4 Å². The number of imide groups is 1. The van der Waals surface area contributed by atoms with E-state index in [1.54, 1.807) is 11.1 Å². The summed E-state index contributed by atoms with van der Waals surface area (Å²) in [6, 6.07) is 19.1. The van der Waals surface area contributed by atoms with Crippen molar-refractivity contribution >= 4 is 62.5 Å². The van der Waals surface area contributed by atoms with E-state index in [9.17, 15) is 14.9 Å². The molecular weight excluding hydrogens is 698 g/mol. The summed E-state index contributed by atoms with van der Waals surface area (Å²) in [6.45, 7) is 7.72. The molecule has 1 atom stereocenters. The number of amides is 3. The number of H-pyrrole nitrogens is 1. The van der Waals surface area contributed by atoms with E-state index >= 15 is 0 Å². The number of carbonyl (C=O) groups excluding carboxylic acids is 2. The summed E-state index contributed by atoms with van der Waals surface area (Å²) in [5, 5.41) is 14.5. The van der Waals surface area contributed by atoms with E-state index in [4.69, 9.17) is 16.6 Å². The summed E-state index contributed by atoms with van der Waals surface area (Å²) >= 11 is 6.49. The first-order chi connectivity index (χ1) is 26.4. The van der Waals surface area contributed by atoms with Crippen molar-refractivity contribution in [3.05, 3.63) is 83.3 Å². The minimum Gasteiger partial charge on any atom is -0.369 e. The van der Waals surface area contributed by atoms with Gasteiger partial charge in [0.1, 0.15) is 11.9 Å². The van der Waals surface area contributed by atoms with Crippen LogP contribution in [-0.2, 0) is 4.79 Å². The summed E-state index contributed by atoms with van der Waals surface area (Å²) in [4.78, 5) is 41.8. The molecular formula is C42H46ClN9O2. The molecule has 0 bridgehead atoms. The van der Waals surface area contributed by atoms with Crippen LogP contribution in [0.3, 0.4) is 0 Å². The Bertz CT molecular complexity index is 2220. The first-order valence-corrected chi connectivity index (χ1v) is 19.9. The molecule has 5 aromatic rings. The zero-order valence-corrected chi connectivity index (χ0v) is 31.3. The maximum absolute atomic E-state index is 12.6. The Morgan fingerprint density at radius 3 is 2.52 bits per heavy atom. The Hall–Kier alpha value is -5.05. The molecule has 0 unspecified atom stereocenters. The Morgan fingerprint density at radius 2 is 1.74 bits per heavy atom. The first kappa shape index (κ1) is 34.7. The van der Waals surface area contributed by atoms with Gasteiger partial charge in [-0.05, 0) is 86.4 Å². The van der Waals surface area contributed by atoms with Gasteiger partial charge in [-0.1, -0.05) is 23.7 Å². The lowest BCUT2D eigenvalue weighted by atomic mass is 9.91. The fraction of sp³-hybridized carbons (Fsp3) is 0.429. The third-order valence-corrected chi connectivity index (χ3v) is 12.7. The number of anilines is 3. The number of nitrogens with zero attached hydrogens (tertiary/aromatic N) is 7. The third-order valence-electron chi connectivity index (χ3n) is 12.4. The van der Waals surface area contributed by atoms with Crippen molar-refractivity contribution in [2.75, 3.05) is 67.1 Å². The van der Waals surface area contributed by atoms with E-state index in [-0.39, 0.29) is 11.9 Å². The number of hydrogen-bond donors (Lipinski definition) is 2. The lowest BCUT2D eigenvalue weighted by molar-refractivity contribution is -0.120. The zero-order valence-electron chi connectivity index (χ0n) is 30.5. The number of rotatable bonds is 7. The van der Waals surface area contributed by atoms with Crippen molar-refractivity contribution in [3.63, 3.8) is 0 Å². The lowest BCUT2D eigenvalue weighted by Crippen LogP contribution is -2.49. The molecule has 2 N–H and O–H groups in total. The molecule has 2 aromatic carbocycles. The van der Waals surface area contributed by atoms with Crippen molar-refractivity contribution in [1.82, 2.24) is 24.8 Å². The molecule has 7 heterocycles. The number of hydrogen-bond acceptors (Lipinski definition) is 7. The smallest absolute Gasteiger partial charge is 0.328 e. The molecule has 9 rings (SSSR count).